The van der Waals surface area contributed by atoms with E-state index in [0.29, 0.717) is 0 Å². The summed E-state index contributed by atoms with van der Waals surface area (Å²) >= 11 is 0. The molecule has 1 unspecified atom stereocenters. The van der Waals surface area contributed by atoms with Gasteiger partial charge in [-0.05, 0) is 39.0 Å². The van der Waals surface area contributed by atoms with Gasteiger partial charge < -0.3 is 9.47 Å². The Morgan fingerprint density at radius 3 is 2.43 bits per heavy atom. The van der Waals surface area contributed by atoms with E-state index in [0.717, 1.165) is 25.6 Å². The number of allylic oxidation sites excluding steroid dienone is 2. The standard InChI is InChI=1S/C12H22O2/c1-3-13-12(14-4-2)10-11-8-6-5-7-9-11/h5-6,11-12H,3-4,7-10H2,1-2H3. The van der Waals surface area contributed by atoms with E-state index in [4.69, 9.17) is 9.47 Å². The number of ether oxygens (including phenoxy) is 2. The summed E-state index contributed by atoms with van der Waals surface area (Å²) in [6, 6.07) is 0. The van der Waals surface area contributed by atoms with Crippen molar-refractivity contribution in [3.8, 4) is 0 Å². The van der Waals surface area contributed by atoms with Crippen molar-refractivity contribution in [2.24, 2.45) is 5.92 Å². The number of hydrogen-bond donors (Lipinski definition) is 0. The van der Waals surface area contributed by atoms with Gasteiger partial charge in [0.1, 0.15) is 0 Å². The van der Waals surface area contributed by atoms with E-state index in [1.54, 1.807) is 0 Å². The number of hydrogen-bond acceptors (Lipinski definition) is 2. The van der Waals surface area contributed by atoms with Gasteiger partial charge in [-0.3, -0.25) is 0 Å². The molecule has 0 saturated carbocycles. The van der Waals surface area contributed by atoms with Crippen LogP contribution >= 0.6 is 0 Å². The molecule has 82 valence electrons. The average Bonchev–Trinajstić information content (AvgIpc) is 2.20. The van der Waals surface area contributed by atoms with Gasteiger partial charge in [-0.1, -0.05) is 12.2 Å². The summed E-state index contributed by atoms with van der Waals surface area (Å²) in [5, 5.41) is 0. The molecular weight excluding hydrogens is 176 g/mol. The molecule has 0 fully saturated rings. The second-order valence-electron chi connectivity index (χ2n) is 3.73. The molecule has 0 aromatic carbocycles. The van der Waals surface area contributed by atoms with Crippen molar-refractivity contribution >= 4 is 0 Å². The Morgan fingerprint density at radius 2 is 1.93 bits per heavy atom. The Labute approximate surface area is 87.3 Å². The molecule has 14 heavy (non-hydrogen) atoms. The molecule has 0 aromatic heterocycles. The predicted molar refractivity (Wildman–Crippen MR) is 58.1 cm³/mol. The van der Waals surface area contributed by atoms with Gasteiger partial charge in [0.2, 0.25) is 0 Å². The quantitative estimate of drug-likeness (QED) is 0.482. The second kappa shape index (κ2) is 7.02. The molecule has 1 aliphatic rings. The van der Waals surface area contributed by atoms with Crippen molar-refractivity contribution in [3.05, 3.63) is 12.2 Å². The fourth-order valence-corrected chi connectivity index (χ4v) is 1.90. The Balaban J connectivity index is 2.26. The Hall–Kier alpha value is -0.340. The Kier molecular flexibility index (Phi) is 5.88. The molecule has 2 nitrogen and oxygen atoms in total. The average molecular weight is 198 g/mol. The summed E-state index contributed by atoms with van der Waals surface area (Å²) in [7, 11) is 0. The molecule has 1 atom stereocenters. The van der Waals surface area contributed by atoms with Gasteiger partial charge in [0.25, 0.3) is 0 Å². The third-order valence-electron chi connectivity index (χ3n) is 2.61. The molecular formula is C12H22O2. The highest BCUT2D eigenvalue weighted by Gasteiger charge is 2.17. The smallest absolute Gasteiger partial charge is 0.157 e. The third kappa shape index (κ3) is 4.25. The van der Waals surface area contributed by atoms with Crippen LogP contribution in [0.25, 0.3) is 0 Å². The SMILES string of the molecule is CCOC(CC1CC=CCC1)OCC. The minimum Gasteiger partial charge on any atom is -0.353 e. The van der Waals surface area contributed by atoms with Crippen molar-refractivity contribution in [1.82, 2.24) is 0 Å². The number of rotatable bonds is 6. The maximum Gasteiger partial charge on any atom is 0.157 e. The highest BCUT2D eigenvalue weighted by Crippen LogP contribution is 2.24. The summed E-state index contributed by atoms with van der Waals surface area (Å²) in [5.74, 6) is 0.753. The molecule has 0 spiro atoms. The lowest BCUT2D eigenvalue weighted by Gasteiger charge is -2.23. The molecule has 1 rings (SSSR count). The molecule has 0 radical (unpaired) electrons. The van der Waals surface area contributed by atoms with Crippen LogP contribution < -0.4 is 0 Å². The highest BCUT2D eigenvalue weighted by molar-refractivity contribution is 4.90. The van der Waals surface area contributed by atoms with Crippen LogP contribution in [-0.2, 0) is 9.47 Å². The van der Waals surface area contributed by atoms with Gasteiger partial charge in [0.05, 0.1) is 0 Å². The van der Waals surface area contributed by atoms with Crippen LogP contribution in [0.15, 0.2) is 12.2 Å². The maximum absolute atomic E-state index is 5.54. The van der Waals surface area contributed by atoms with Gasteiger partial charge in [-0.25, -0.2) is 0 Å². The fourth-order valence-electron chi connectivity index (χ4n) is 1.90. The van der Waals surface area contributed by atoms with Crippen LogP contribution in [0.5, 0.6) is 0 Å². The lowest BCUT2D eigenvalue weighted by atomic mass is 9.91. The normalized spacial score (nSPS) is 21.8. The van der Waals surface area contributed by atoms with Crippen LogP contribution in [0.2, 0.25) is 0 Å². The molecule has 0 aromatic rings. The lowest BCUT2D eigenvalue weighted by molar-refractivity contribution is -0.146. The zero-order valence-corrected chi connectivity index (χ0v) is 9.37. The molecule has 0 aliphatic heterocycles. The van der Waals surface area contributed by atoms with Crippen LogP contribution in [0.3, 0.4) is 0 Å². The minimum absolute atomic E-state index is 0.0153. The predicted octanol–water partition coefficient (Wildman–Crippen LogP) is 3.13. The first kappa shape index (κ1) is 11.7. The highest BCUT2D eigenvalue weighted by atomic mass is 16.7. The maximum atomic E-state index is 5.54. The van der Waals surface area contributed by atoms with E-state index < -0.39 is 0 Å². The molecule has 0 N–H and O–H groups in total. The molecule has 2 heteroatoms. The molecule has 0 amide bonds. The minimum atomic E-state index is 0.0153. The Bertz CT molecular complexity index is 160. The monoisotopic (exact) mass is 198 g/mol. The van der Waals surface area contributed by atoms with Crippen molar-refractivity contribution in [2.45, 2.75) is 45.8 Å². The van der Waals surface area contributed by atoms with Crippen LogP contribution in [-0.4, -0.2) is 19.5 Å². The van der Waals surface area contributed by atoms with Crippen LogP contribution in [0.4, 0.5) is 0 Å². The van der Waals surface area contributed by atoms with Gasteiger partial charge in [0, 0.05) is 19.6 Å². The van der Waals surface area contributed by atoms with E-state index in [9.17, 15) is 0 Å². The molecule has 0 heterocycles. The van der Waals surface area contributed by atoms with Gasteiger partial charge in [-0.2, -0.15) is 0 Å². The van der Waals surface area contributed by atoms with Crippen molar-refractivity contribution < 1.29 is 9.47 Å². The van der Waals surface area contributed by atoms with Crippen molar-refractivity contribution in [1.29, 1.82) is 0 Å². The van der Waals surface area contributed by atoms with E-state index in [2.05, 4.69) is 12.2 Å². The summed E-state index contributed by atoms with van der Waals surface area (Å²) in [4.78, 5) is 0. The first-order valence-corrected chi connectivity index (χ1v) is 5.75. The lowest BCUT2D eigenvalue weighted by Crippen LogP contribution is -2.21. The van der Waals surface area contributed by atoms with Gasteiger partial charge in [-0.15, -0.1) is 0 Å². The molecule has 1 aliphatic carbocycles. The zero-order valence-electron chi connectivity index (χ0n) is 9.37. The zero-order chi connectivity index (χ0) is 10.2. The van der Waals surface area contributed by atoms with E-state index in [1.165, 1.54) is 19.3 Å². The summed E-state index contributed by atoms with van der Waals surface area (Å²) < 4.78 is 11.1. The van der Waals surface area contributed by atoms with Gasteiger partial charge in [0.15, 0.2) is 6.29 Å². The second-order valence-corrected chi connectivity index (χ2v) is 3.73. The summed E-state index contributed by atoms with van der Waals surface area (Å²) in [6.07, 6.45) is 9.31. The van der Waals surface area contributed by atoms with Crippen molar-refractivity contribution in [2.75, 3.05) is 13.2 Å². The van der Waals surface area contributed by atoms with Crippen LogP contribution in [0.1, 0.15) is 39.5 Å². The van der Waals surface area contributed by atoms with Crippen molar-refractivity contribution in [3.63, 3.8) is 0 Å². The van der Waals surface area contributed by atoms with E-state index in [1.807, 2.05) is 13.8 Å². The Morgan fingerprint density at radius 1 is 1.21 bits per heavy atom. The topological polar surface area (TPSA) is 18.5 Å². The largest absolute Gasteiger partial charge is 0.353 e. The third-order valence-corrected chi connectivity index (χ3v) is 2.61. The molecule has 0 bridgehead atoms. The molecule has 0 saturated heterocycles. The first-order chi connectivity index (χ1) is 6.86. The van der Waals surface area contributed by atoms with E-state index in [-0.39, 0.29) is 6.29 Å². The summed E-state index contributed by atoms with van der Waals surface area (Å²) in [5.41, 5.74) is 0. The first-order valence-electron chi connectivity index (χ1n) is 5.75. The van der Waals surface area contributed by atoms with Gasteiger partial charge >= 0.3 is 0 Å². The fraction of sp³-hybridized carbons (Fsp3) is 0.833. The van der Waals surface area contributed by atoms with E-state index >= 15 is 0 Å². The van der Waals surface area contributed by atoms with Crippen LogP contribution in [0, 0.1) is 5.92 Å². The summed E-state index contributed by atoms with van der Waals surface area (Å²) in [6.45, 7) is 5.53.